The molecule has 0 aliphatic carbocycles. The van der Waals surface area contributed by atoms with Crippen LogP contribution in [-0.2, 0) is 7.05 Å². The molecule has 0 aromatic carbocycles. The molecule has 2 heterocycles. The van der Waals surface area contributed by atoms with Crippen LogP contribution < -0.4 is 16.4 Å². The number of hydrogen-bond donors (Lipinski definition) is 2. The fraction of sp³-hybridized carbons (Fsp3) is 0.333. The first-order valence-corrected chi connectivity index (χ1v) is 6.81. The van der Waals surface area contributed by atoms with Gasteiger partial charge in [-0.25, -0.2) is 0 Å². The second-order valence-electron chi connectivity index (χ2n) is 4.23. The highest BCUT2D eigenvalue weighted by Gasteiger charge is 2.08. The average molecular weight is 293 g/mol. The normalized spacial score (nSPS) is 12.3. The smallest absolute Gasteiger partial charge is 0.312 e. The zero-order chi connectivity index (χ0) is 14.7. The van der Waals surface area contributed by atoms with E-state index in [4.69, 9.17) is 0 Å². The van der Waals surface area contributed by atoms with E-state index in [1.54, 1.807) is 13.2 Å². The number of H-pyrrole nitrogens is 1. The van der Waals surface area contributed by atoms with Crippen LogP contribution in [0.4, 0.5) is 0 Å². The highest BCUT2D eigenvalue weighted by atomic mass is 32.2. The molecule has 2 N–H and O–H groups in total. The summed E-state index contributed by atoms with van der Waals surface area (Å²) in [6.07, 6.45) is 1.71. The quantitative estimate of drug-likeness (QED) is 0.787. The van der Waals surface area contributed by atoms with Gasteiger partial charge in [-0.15, -0.1) is 0 Å². The third kappa shape index (κ3) is 3.14. The molecule has 0 saturated heterocycles. The Bertz CT molecular complexity index is 707. The van der Waals surface area contributed by atoms with Gasteiger partial charge >= 0.3 is 11.1 Å². The molecule has 106 valence electrons. The van der Waals surface area contributed by atoms with Gasteiger partial charge in [-0.2, -0.15) is 4.98 Å². The number of aryl methyl sites for hydroxylation is 1. The van der Waals surface area contributed by atoms with Crippen LogP contribution in [0.5, 0.6) is 0 Å². The first-order chi connectivity index (χ1) is 9.51. The van der Waals surface area contributed by atoms with Crippen LogP contribution in [0.3, 0.4) is 0 Å². The molecule has 2 rings (SSSR count). The molecule has 0 spiro atoms. The topological polar surface area (TPSA) is 92.7 Å². The van der Waals surface area contributed by atoms with Crippen LogP contribution >= 0.6 is 11.8 Å². The van der Waals surface area contributed by atoms with Crippen molar-refractivity contribution in [2.24, 2.45) is 7.05 Å². The van der Waals surface area contributed by atoms with Crippen LogP contribution in [0.1, 0.15) is 18.7 Å². The second-order valence-corrected chi connectivity index (χ2v) is 5.27. The van der Waals surface area contributed by atoms with E-state index in [-0.39, 0.29) is 6.04 Å². The van der Waals surface area contributed by atoms with Crippen molar-refractivity contribution < 1.29 is 0 Å². The zero-order valence-electron chi connectivity index (χ0n) is 11.4. The van der Waals surface area contributed by atoms with Crippen LogP contribution in [0.2, 0.25) is 0 Å². The van der Waals surface area contributed by atoms with Crippen molar-refractivity contribution in [3.63, 3.8) is 0 Å². The monoisotopic (exact) mass is 293 g/mol. The van der Waals surface area contributed by atoms with E-state index in [2.05, 4.69) is 20.4 Å². The van der Waals surface area contributed by atoms with Gasteiger partial charge in [-0.1, -0.05) is 0 Å². The van der Waals surface area contributed by atoms with E-state index < -0.39 is 11.1 Å². The molecule has 0 fully saturated rings. The Hall–Kier alpha value is -1.93. The van der Waals surface area contributed by atoms with Gasteiger partial charge < -0.3 is 5.32 Å². The number of nitrogens with one attached hydrogen (secondary N) is 2. The lowest BCUT2D eigenvalue weighted by Gasteiger charge is -2.10. The van der Waals surface area contributed by atoms with Crippen molar-refractivity contribution in [3.8, 4) is 0 Å². The Morgan fingerprint density at radius 1 is 1.40 bits per heavy atom. The minimum Gasteiger partial charge on any atom is -0.312 e. The number of aromatic amines is 1. The summed E-state index contributed by atoms with van der Waals surface area (Å²) in [5.74, 6) is 0. The Balaban J connectivity index is 2.24. The minimum atomic E-state index is -0.793. The maximum absolute atomic E-state index is 11.3. The van der Waals surface area contributed by atoms with Crippen LogP contribution in [0.25, 0.3) is 0 Å². The Morgan fingerprint density at radius 3 is 2.75 bits per heavy atom. The highest BCUT2D eigenvalue weighted by Crippen LogP contribution is 2.24. The van der Waals surface area contributed by atoms with Crippen LogP contribution in [0.15, 0.2) is 38.0 Å². The molecule has 8 heteroatoms. The van der Waals surface area contributed by atoms with E-state index in [0.717, 1.165) is 10.6 Å². The predicted molar refractivity (Wildman–Crippen MR) is 75.9 cm³/mol. The van der Waals surface area contributed by atoms with Gasteiger partial charge in [0.2, 0.25) is 0 Å². The summed E-state index contributed by atoms with van der Waals surface area (Å²) >= 11 is 1.26. The Labute approximate surface area is 119 Å². The molecule has 20 heavy (non-hydrogen) atoms. The number of nitrogens with zero attached hydrogens (tertiary/aromatic N) is 3. The van der Waals surface area contributed by atoms with Crippen LogP contribution in [-0.4, -0.2) is 26.8 Å². The summed E-state index contributed by atoms with van der Waals surface area (Å²) in [5, 5.41) is 5.92. The third-order valence-corrected chi connectivity index (χ3v) is 3.82. The van der Waals surface area contributed by atoms with Gasteiger partial charge in [0.05, 0.1) is 5.69 Å². The molecular formula is C12H15N5O2S. The molecule has 0 amide bonds. The Kier molecular flexibility index (Phi) is 4.35. The van der Waals surface area contributed by atoms with Gasteiger partial charge in [0.15, 0.2) is 5.16 Å². The predicted octanol–water partition coefficient (Wildman–Crippen LogP) is 0.295. The van der Waals surface area contributed by atoms with Crippen molar-refractivity contribution in [2.75, 3.05) is 7.05 Å². The van der Waals surface area contributed by atoms with Crippen molar-refractivity contribution in [1.82, 2.24) is 25.1 Å². The largest absolute Gasteiger partial charge is 0.339 e. The van der Waals surface area contributed by atoms with Crippen molar-refractivity contribution in [1.29, 1.82) is 0 Å². The molecular weight excluding hydrogens is 278 g/mol. The van der Waals surface area contributed by atoms with Gasteiger partial charge in [-0.05, 0) is 37.9 Å². The zero-order valence-corrected chi connectivity index (χ0v) is 12.2. The van der Waals surface area contributed by atoms with Crippen molar-refractivity contribution >= 4 is 11.8 Å². The number of rotatable bonds is 4. The van der Waals surface area contributed by atoms with E-state index in [1.807, 2.05) is 26.1 Å². The lowest BCUT2D eigenvalue weighted by Crippen LogP contribution is -2.33. The molecule has 1 unspecified atom stereocenters. The van der Waals surface area contributed by atoms with Crippen LogP contribution in [0, 0.1) is 0 Å². The van der Waals surface area contributed by atoms with E-state index in [0.29, 0.717) is 5.16 Å². The molecule has 0 bridgehead atoms. The molecule has 2 aromatic rings. The van der Waals surface area contributed by atoms with Crippen molar-refractivity contribution in [2.45, 2.75) is 23.0 Å². The minimum absolute atomic E-state index is 0.171. The number of hydrogen-bond acceptors (Lipinski definition) is 6. The lowest BCUT2D eigenvalue weighted by atomic mass is 10.2. The SMILES string of the molecule is CNC(C)c1ccc(Sc2nc(=O)c(=O)[nH]n2C)cn1. The third-order valence-electron chi connectivity index (χ3n) is 2.79. The molecule has 0 radical (unpaired) electrons. The lowest BCUT2D eigenvalue weighted by molar-refractivity contribution is 0.596. The van der Waals surface area contributed by atoms with E-state index in [1.165, 1.54) is 16.4 Å². The summed E-state index contributed by atoms with van der Waals surface area (Å²) < 4.78 is 1.42. The number of pyridine rings is 1. The first kappa shape index (κ1) is 14.5. The molecule has 0 aliphatic heterocycles. The Morgan fingerprint density at radius 2 is 2.15 bits per heavy atom. The molecule has 0 aliphatic rings. The fourth-order valence-corrected chi connectivity index (χ4v) is 2.28. The summed E-state index contributed by atoms with van der Waals surface area (Å²) in [4.78, 5) is 31.3. The first-order valence-electron chi connectivity index (χ1n) is 5.99. The van der Waals surface area contributed by atoms with E-state index in [9.17, 15) is 9.59 Å². The molecule has 0 saturated carbocycles. The van der Waals surface area contributed by atoms with Gasteiger partial charge in [-0.3, -0.25) is 24.4 Å². The second kappa shape index (κ2) is 6.02. The summed E-state index contributed by atoms with van der Waals surface area (Å²) in [6.45, 7) is 2.02. The fourth-order valence-electron chi connectivity index (χ4n) is 1.51. The molecule has 1 atom stereocenters. The highest BCUT2D eigenvalue weighted by molar-refractivity contribution is 7.99. The summed E-state index contributed by atoms with van der Waals surface area (Å²) in [6, 6.07) is 3.98. The van der Waals surface area contributed by atoms with E-state index >= 15 is 0 Å². The molecule has 7 nitrogen and oxygen atoms in total. The maximum atomic E-state index is 11.3. The summed E-state index contributed by atoms with van der Waals surface area (Å²) in [7, 11) is 3.50. The van der Waals surface area contributed by atoms with Crippen molar-refractivity contribution in [3.05, 3.63) is 44.7 Å². The molecule has 2 aromatic heterocycles. The summed E-state index contributed by atoms with van der Waals surface area (Å²) in [5.41, 5.74) is -0.590. The van der Waals surface area contributed by atoms with Gasteiger partial charge in [0, 0.05) is 24.2 Å². The van der Waals surface area contributed by atoms with Gasteiger partial charge in [0.25, 0.3) is 0 Å². The average Bonchev–Trinajstić information content (AvgIpc) is 2.44. The van der Waals surface area contributed by atoms with Gasteiger partial charge in [0.1, 0.15) is 0 Å². The number of aromatic nitrogens is 4. The maximum Gasteiger partial charge on any atom is 0.339 e. The standard InChI is InChI=1S/C12H15N5O2S/c1-7(13-2)9-5-4-8(6-14-9)20-12-15-10(18)11(19)16-17(12)3/h4-7,13H,1-3H3,(H,16,19).